The Labute approximate surface area is 190 Å². The second kappa shape index (κ2) is 8.77. The molecule has 7 heteroatoms. The van der Waals surface area contributed by atoms with Crippen LogP contribution in [-0.2, 0) is 19.5 Å². The van der Waals surface area contributed by atoms with Crippen molar-refractivity contribution in [3.05, 3.63) is 97.4 Å². The number of para-hydroxylation sites is 1. The predicted octanol–water partition coefficient (Wildman–Crippen LogP) is 5.22. The second-order valence-corrected chi connectivity index (χ2v) is 8.65. The van der Waals surface area contributed by atoms with Gasteiger partial charge < -0.3 is 14.6 Å². The number of carbonyl (C=O) groups is 1. The fourth-order valence-electron chi connectivity index (χ4n) is 4.14. The molecule has 0 radical (unpaired) electrons. The van der Waals surface area contributed by atoms with Crippen LogP contribution in [0.25, 0.3) is 0 Å². The van der Waals surface area contributed by atoms with Crippen LogP contribution in [0.3, 0.4) is 0 Å². The molecule has 1 aromatic heterocycles. The van der Waals surface area contributed by atoms with Gasteiger partial charge in [-0.3, -0.25) is 4.79 Å². The molecule has 1 unspecified atom stereocenters. The summed E-state index contributed by atoms with van der Waals surface area (Å²) in [5.74, 6) is -0.568. The highest BCUT2D eigenvalue weighted by atomic mass is 35.5. The van der Waals surface area contributed by atoms with E-state index in [-0.39, 0.29) is 16.1 Å². The molecule has 5 nitrogen and oxygen atoms in total. The minimum Gasteiger partial charge on any atom is -0.478 e. The molecule has 0 amide bonds. The lowest BCUT2D eigenvalue weighted by Crippen LogP contribution is -2.30. The van der Waals surface area contributed by atoms with Crippen molar-refractivity contribution in [2.75, 3.05) is 11.4 Å². The summed E-state index contributed by atoms with van der Waals surface area (Å²) in [5, 5.41) is 9.61. The molecule has 0 fully saturated rings. The molecule has 31 heavy (non-hydrogen) atoms. The van der Waals surface area contributed by atoms with Gasteiger partial charge in [0.05, 0.1) is 22.8 Å². The van der Waals surface area contributed by atoms with E-state index < -0.39 is 5.97 Å². The zero-order valence-electron chi connectivity index (χ0n) is 17.0. The highest BCUT2D eigenvalue weighted by Gasteiger charge is 2.26. The molecule has 2 heterocycles. The van der Waals surface area contributed by atoms with Gasteiger partial charge in [-0.2, -0.15) is 0 Å². The van der Waals surface area contributed by atoms with Gasteiger partial charge in [0.25, 0.3) is 5.56 Å². The molecular formula is C24H22Cl2N2O3. The number of aryl methyl sites for hydroxylation is 1. The third-order valence-electron chi connectivity index (χ3n) is 5.77. The highest BCUT2D eigenvalue weighted by Crippen LogP contribution is 2.37. The summed E-state index contributed by atoms with van der Waals surface area (Å²) in [6.45, 7) is 3.94. The van der Waals surface area contributed by atoms with Crippen LogP contribution >= 0.6 is 23.2 Å². The Morgan fingerprint density at radius 2 is 1.81 bits per heavy atom. The molecule has 0 spiro atoms. The van der Waals surface area contributed by atoms with Gasteiger partial charge in [0.1, 0.15) is 5.02 Å². The Morgan fingerprint density at radius 1 is 1.10 bits per heavy atom. The van der Waals surface area contributed by atoms with Gasteiger partial charge in [-0.25, -0.2) is 4.79 Å². The topological polar surface area (TPSA) is 62.5 Å². The first kappa shape index (κ1) is 21.5. The zero-order chi connectivity index (χ0) is 22.1. The van der Waals surface area contributed by atoms with Crippen LogP contribution in [-0.4, -0.2) is 22.2 Å². The molecule has 0 saturated heterocycles. The van der Waals surface area contributed by atoms with Crippen LogP contribution < -0.4 is 10.5 Å². The fraction of sp³-hybridized carbons (Fsp3) is 0.250. The number of aromatic nitrogens is 1. The Balaban J connectivity index is 1.62. The predicted molar refractivity (Wildman–Crippen MR) is 124 cm³/mol. The first-order valence-electron chi connectivity index (χ1n) is 10.1. The van der Waals surface area contributed by atoms with Crippen molar-refractivity contribution in [1.29, 1.82) is 0 Å². The third kappa shape index (κ3) is 4.34. The van der Waals surface area contributed by atoms with Crippen molar-refractivity contribution in [2.45, 2.75) is 32.4 Å². The third-order valence-corrected chi connectivity index (χ3v) is 6.37. The maximum absolute atomic E-state index is 12.9. The molecule has 0 saturated carbocycles. The van der Waals surface area contributed by atoms with Crippen LogP contribution in [0.1, 0.15) is 40.0 Å². The Morgan fingerprint density at radius 3 is 2.52 bits per heavy atom. The van der Waals surface area contributed by atoms with Gasteiger partial charge in [0.2, 0.25) is 0 Å². The number of pyridine rings is 1. The number of fused-ring (bicyclic) bond motifs is 1. The Hall–Kier alpha value is -2.76. The molecule has 160 valence electrons. The van der Waals surface area contributed by atoms with Gasteiger partial charge >= 0.3 is 5.97 Å². The summed E-state index contributed by atoms with van der Waals surface area (Å²) in [5.41, 5.74) is 4.06. The normalized spacial score (nSPS) is 15.2. The van der Waals surface area contributed by atoms with Crippen molar-refractivity contribution < 1.29 is 9.90 Å². The lowest BCUT2D eigenvalue weighted by Gasteiger charge is -2.23. The number of anilines is 1. The lowest BCUT2D eigenvalue weighted by molar-refractivity contribution is 0.0697. The number of carboxylic acid groups (broad SMARTS) is 1. The van der Waals surface area contributed by atoms with Gasteiger partial charge in [-0.1, -0.05) is 60.5 Å². The highest BCUT2D eigenvalue weighted by molar-refractivity contribution is 6.34. The van der Waals surface area contributed by atoms with E-state index >= 15 is 0 Å². The van der Waals surface area contributed by atoms with Crippen LogP contribution in [0.4, 0.5) is 5.69 Å². The number of aromatic carboxylic acids is 1. The molecule has 3 aromatic rings. The van der Waals surface area contributed by atoms with Gasteiger partial charge in [0, 0.05) is 24.7 Å². The largest absolute Gasteiger partial charge is 0.478 e. The van der Waals surface area contributed by atoms with Crippen LogP contribution in [0.15, 0.2) is 59.4 Å². The fourth-order valence-corrected chi connectivity index (χ4v) is 4.68. The first-order valence-corrected chi connectivity index (χ1v) is 10.8. The minimum atomic E-state index is -0.966. The van der Waals surface area contributed by atoms with Gasteiger partial charge in [0.15, 0.2) is 0 Å². The molecule has 1 atom stereocenters. The number of halogens is 2. The maximum atomic E-state index is 12.9. The van der Waals surface area contributed by atoms with Gasteiger partial charge in [-0.15, -0.1) is 0 Å². The average Bonchev–Trinajstić information content (AvgIpc) is 3.07. The monoisotopic (exact) mass is 456 g/mol. The van der Waals surface area contributed by atoms with E-state index in [0.717, 1.165) is 23.5 Å². The summed E-state index contributed by atoms with van der Waals surface area (Å²) in [6, 6.07) is 16.5. The molecule has 0 bridgehead atoms. The number of hydrogen-bond acceptors (Lipinski definition) is 3. The number of rotatable bonds is 6. The zero-order valence-corrected chi connectivity index (χ0v) is 18.5. The van der Waals surface area contributed by atoms with Crippen molar-refractivity contribution in [3.8, 4) is 0 Å². The number of nitrogens with zero attached hydrogens (tertiary/aromatic N) is 2. The number of benzene rings is 2. The minimum absolute atomic E-state index is 0.0881. The molecule has 0 aliphatic carbocycles. The second-order valence-electron chi connectivity index (χ2n) is 7.84. The standard InChI is InChI=1S/C24H22Cl2N2O3/c1-15-13-27(21-5-3-2-4-18(15)21)14-22-19(25)12-20(26)23(29)28(22)11-10-16-6-8-17(9-7-16)24(30)31/h2-9,12,15H,10-11,13-14H2,1H3,(H,30,31). The average molecular weight is 457 g/mol. The lowest BCUT2D eigenvalue weighted by atomic mass is 10.0. The molecule has 1 aliphatic heterocycles. The van der Waals surface area contributed by atoms with Crippen molar-refractivity contribution in [3.63, 3.8) is 0 Å². The first-order chi connectivity index (χ1) is 14.8. The quantitative estimate of drug-likeness (QED) is 0.552. The van der Waals surface area contributed by atoms with E-state index in [1.165, 1.54) is 11.6 Å². The summed E-state index contributed by atoms with van der Waals surface area (Å²) in [4.78, 5) is 26.2. The molecular weight excluding hydrogens is 435 g/mol. The Bertz CT molecular complexity index is 1190. The Kier molecular flexibility index (Phi) is 6.08. The van der Waals surface area contributed by atoms with E-state index in [1.807, 2.05) is 12.1 Å². The SMILES string of the molecule is CC1CN(Cc2c(Cl)cc(Cl)c(=O)n2CCc2ccc(C(=O)O)cc2)c2ccccc21. The van der Waals surface area contributed by atoms with Crippen LogP contribution in [0, 0.1) is 0 Å². The van der Waals surface area contributed by atoms with E-state index in [0.29, 0.717) is 30.5 Å². The molecule has 4 rings (SSSR count). The number of carboxylic acids is 1. The molecule has 1 aliphatic rings. The maximum Gasteiger partial charge on any atom is 0.335 e. The van der Waals surface area contributed by atoms with E-state index in [4.69, 9.17) is 28.3 Å². The summed E-state index contributed by atoms with van der Waals surface area (Å²) in [6.07, 6.45) is 0.552. The molecule has 1 N–H and O–H groups in total. The number of hydrogen-bond donors (Lipinski definition) is 1. The van der Waals surface area contributed by atoms with Crippen molar-refractivity contribution in [2.24, 2.45) is 0 Å². The van der Waals surface area contributed by atoms with Crippen LogP contribution in [0.5, 0.6) is 0 Å². The van der Waals surface area contributed by atoms with Crippen LogP contribution in [0.2, 0.25) is 10.0 Å². The summed E-state index contributed by atoms with van der Waals surface area (Å²) in [7, 11) is 0. The van der Waals surface area contributed by atoms with E-state index in [9.17, 15) is 9.59 Å². The summed E-state index contributed by atoms with van der Waals surface area (Å²) >= 11 is 12.7. The van der Waals surface area contributed by atoms with E-state index in [1.54, 1.807) is 28.8 Å². The van der Waals surface area contributed by atoms with Crippen molar-refractivity contribution in [1.82, 2.24) is 4.57 Å². The summed E-state index contributed by atoms with van der Waals surface area (Å²) < 4.78 is 1.64. The van der Waals surface area contributed by atoms with Gasteiger partial charge in [-0.05, 0) is 41.8 Å². The van der Waals surface area contributed by atoms with E-state index in [2.05, 4.69) is 24.0 Å². The molecule has 2 aromatic carbocycles. The smallest absolute Gasteiger partial charge is 0.335 e. The van der Waals surface area contributed by atoms with Crippen molar-refractivity contribution >= 4 is 34.9 Å².